The van der Waals surface area contributed by atoms with Crippen molar-refractivity contribution in [3.63, 3.8) is 0 Å². The Morgan fingerprint density at radius 1 is 1.22 bits per heavy atom. The van der Waals surface area contributed by atoms with E-state index in [1.807, 2.05) is 35.3 Å². The van der Waals surface area contributed by atoms with Crippen LogP contribution in [0.4, 0.5) is 10.5 Å². The second-order valence-electron chi connectivity index (χ2n) is 7.58. The lowest BCUT2D eigenvalue weighted by Gasteiger charge is -2.35. The van der Waals surface area contributed by atoms with Crippen molar-refractivity contribution in [3.8, 4) is 0 Å². The number of amidine groups is 1. The lowest BCUT2D eigenvalue weighted by Crippen LogP contribution is -2.51. The second kappa shape index (κ2) is 6.49. The summed E-state index contributed by atoms with van der Waals surface area (Å²) in [5.74, 6) is 0.602. The first-order valence-corrected chi connectivity index (χ1v) is 9.77. The lowest BCUT2D eigenvalue weighted by atomic mass is 10.1. The first-order valence-electron chi connectivity index (χ1n) is 8.60. The van der Waals surface area contributed by atoms with Crippen molar-refractivity contribution >= 4 is 45.1 Å². The molecule has 0 aliphatic carbocycles. The largest absolute Gasteiger partial charge is 0.332 e. The number of fused-ring (bicyclic) bond motifs is 3. The van der Waals surface area contributed by atoms with Crippen LogP contribution >= 0.6 is 27.5 Å². The Labute approximate surface area is 171 Å². The van der Waals surface area contributed by atoms with Gasteiger partial charge in [-0.3, -0.25) is 14.8 Å². The van der Waals surface area contributed by atoms with Crippen LogP contribution in [0.5, 0.6) is 0 Å². The predicted octanol–water partition coefficient (Wildman–Crippen LogP) is 4.67. The molecule has 2 amide bonds. The quantitative estimate of drug-likeness (QED) is 0.671. The Balaban J connectivity index is 1.77. The first-order chi connectivity index (χ1) is 12.7. The number of hydrogen-bond acceptors (Lipinski definition) is 4. The number of hydrazone groups is 1. The molecular weight excluding hydrogens is 430 g/mol. The van der Waals surface area contributed by atoms with Crippen LogP contribution < -0.4 is 4.90 Å². The number of hydrogen-bond donors (Lipinski definition) is 0. The number of anilines is 1. The van der Waals surface area contributed by atoms with Crippen LogP contribution in [-0.4, -0.2) is 39.0 Å². The van der Waals surface area contributed by atoms with Crippen LogP contribution in [0.1, 0.15) is 32.0 Å². The highest BCUT2D eigenvalue weighted by atomic mass is 79.9. The van der Waals surface area contributed by atoms with Crippen LogP contribution in [0.15, 0.2) is 46.1 Å². The molecule has 140 valence electrons. The molecular formula is C19H19BrClN5O. The van der Waals surface area contributed by atoms with E-state index >= 15 is 0 Å². The van der Waals surface area contributed by atoms with E-state index in [0.717, 1.165) is 15.7 Å². The number of carbonyl (C=O) groups excluding carboxylic acids is 1. The van der Waals surface area contributed by atoms with Gasteiger partial charge in [-0.15, -0.1) is 0 Å². The second-order valence-corrected chi connectivity index (χ2v) is 8.93. The van der Waals surface area contributed by atoms with Gasteiger partial charge in [0, 0.05) is 15.7 Å². The van der Waals surface area contributed by atoms with Crippen molar-refractivity contribution in [2.75, 3.05) is 11.6 Å². The lowest BCUT2D eigenvalue weighted by molar-refractivity contribution is 0.125. The average Bonchev–Trinajstić information content (AvgIpc) is 3.06. The molecule has 3 heterocycles. The highest BCUT2D eigenvalue weighted by molar-refractivity contribution is 9.10. The van der Waals surface area contributed by atoms with Crippen LogP contribution in [0.3, 0.4) is 0 Å². The van der Waals surface area contributed by atoms with Crippen LogP contribution in [-0.2, 0) is 6.54 Å². The average molecular weight is 449 g/mol. The van der Waals surface area contributed by atoms with Gasteiger partial charge in [0.25, 0.3) is 0 Å². The molecule has 0 bridgehead atoms. The highest BCUT2D eigenvalue weighted by Gasteiger charge is 2.42. The Kier molecular flexibility index (Phi) is 4.39. The minimum absolute atomic E-state index is 0.108. The van der Waals surface area contributed by atoms with Crippen molar-refractivity contribution in [2.45, 2.75) is 32.9 Å². The van der Waals surface area contributed by atoms with E-state index in [-0.39, 0.29) is 11.6 Å². The van der Waals surface area contributed by atoms with Gasteiger partial charge in [-0.2, -0.15) is 5.10 Å². The molecule has 2 aromatic rings. The van der Waals surface area contributed by atoms with E-state index in [1.165, 1.54) is 0 Å². The Morgan fingerprint density at radius 3 is 2.59 bits per heavy atom. The third kappa shape index (κ3) is 3.30. The molecule has 0 spiro atoms. The molecule has 0 unspecified atom stereocenters. The smallest absolute Gasteiger partial charge is 0.287 e. The topological polar surface area (TPSA) is 52.0 Å². The summed E-state index contributed by atoms with van der Waals surface area (Å²) in [7, 11) is 0. The Bertz CT molecular complexity index is 938. The summed E-state index contributed by atoms with van der Waals surface area (Å²) in [5, 5.41) is 7.27. The van der Waals surface area contributed by atoms with E-state index in [2.05, 4.69) is 46.8 Å². The van der Waals surface area contributed by atoms with Gasteiger partial charge in [-0.05, 0) is 60.5 Å². The van der Waals surface area contributed by atoms with Crippen LogP contribution in [0.25, 0.3) is 0 Å². The van der Waals surface area contributed by atoms with Crippen molar-refractivity contribution < 1.29 is 4.79 Å². The Hall–Kier alpha value is -2.12. The molecule has 2 aliphatic rings. The van der Waals surface area contributed by atoms with E-state index in [1.54, 1.807) is 16.0 Å². The molecule has 6 nitrogen and oxygen atoms in total. The maximum atomic E-state index is 13.3. The molecule has 0 saturated heterocycles. The molecule has 1 aromatic carbocycles. The molecule has 0 fully saturated rings. The molecule has 0 radical (unpaired) electrons. The summed E-state index contributed by atoms with van der Waals surface area (Å²) in [5.41, 5.74) is 2.25. The maximum absolute atomic E-state index is 13.3. The zero-order valence-electron chi connectivity index (χ0n) is 15.3. The molecule has 4 rings (SSSR count). The van der Waals surface area contributed by atoms with Gasteiger partial charge in [0.1, 0.15) is 12.4 Å². The van der Waals surface area contributed by atoms with E-state index in [0.29, 0.717) is 29.8 Å². The molecule has 1 aromatic heterocycles. The van der Waals surface area contributed by atoms with E-state index < -0.39 is 0 Å². The van der Waals surface area contributed by atoms with E-state index in [4.69, 9.17) is 11.6 Å². The SMILES string of the molecule is CC(C)(C)N1CN2C(=O)N(Cc3ccc(Cl)cc3)c3cc(Br)cnc3C2=N1. The monoisotopic (exact) mass is 447 g/mol. The molecule has 2 aliphatic heterocycles. The summed E-state index contributed by atoms with van der Waals surface area (Å²) in [6, 6.07) is 9.31. The summed E-state index contributed by atoms with van der Waals surface area (Å²) in [6.07, 6.45) is 1.73. The number of halogens is 2. The molecule has 8 heteroatoms. The van der Waals surface area contributed by atoms with Crippen molar-refractivity contribution in [2.24, 2.45) is 5.10 Å². The van der Waals surface area contributed by atoms with Crippen molar-refractivity contribution in [1.29, 1.82) is 0 Å². The number of benzene rings is 1. The number of rotatable bonds is 2. The number of aromatic nitrogens is 1. The highest BCUT2D eigenvalue weighted by Crippen LogP contribution is 2.35. The summed E-state index contributed by atoms with van der Waals surface area (Å²) >= 11 is 9.46. The minimum Gasteiger partial charge on any atom is -0.287 e. The fourth-order valence-electron chi connectivity index (χ4n) is 3.07. The minimum atomic E-state index is -0.193. The van der Waals surface area contributed by atoms with Crippen molar-refractivity contribution in [1.82, 2.24) is 14.9 Å². The molecule has 0 N–H and O–H groups in total. The Morgan fingerprint density at radius 2 is 1.93 bits per heavy atom. The third-order valence-electron chi connectivity index (χ3n) is 4.57. The third-order valence-corrected chi connectivity index (χ3v) is 5.26. The summed E-state index contributed by atoms with van der Waals surface area (Å²) in [6.45, 7) is 7.05. The van der Waals surface area contributed by atoms with Gasteiger partial charge in [0.05, 0.1) is 17.8 Å². The van der Waals surface area contributed by atoms with Crippen LogP contribution in [0, 0.1) is 0 Å². The number of pyridine rings is 1. The van der Waals surface area contributed by atoms with Gasteiger partial charge in [-0.1, -0.05) is 23.7 Å². The first kappa shape index (κ1) is 18.3. The van der Waals surface area contributed by atoms with E-state index in [9.17, 15) is 4.79 Å². The standard InChI is InChI=1S/C19H19BrClN5O/c1-19(2,3)26-11-25-17(23-26)16-15(8-13(20)9-22-16)24(18(25)27)10-12-4-6-14(21)7-5-12/h4-9H,10-11H2,1-3H3. The zero-order chi connectivity index (χ0) is 19.3. The van der Waals surface area contributed by atoms with Crippen molar-refractivity contribution in [3.05, 3.63) is 57.3 Å². The number of amides is 2. The van der Waals surface area contributed by atoms with Gasteiger partial charge >= 0.3 is 6.03 Å². The fraction of sp³-hybridized carbons (Fsp3) is 0.316. The zero-order valence-corrected chi connectivity index (χ0v) is 17.6. The molecule has 27 heavy (non-hydrogen) atoms. The number of carbonyl (C=O) groups is 1. The fourth-order valence-corrected chi connectivity index (χ4v) is 3.52. The van der Waals surface area contributed by atoms with Gasteiger partial charge < -0.3 is 0 Å². The van der Waals surface area contributed by atoms with Crippen LogP contribution in [0.2, 0.25) is 5.02 Å². The molecule has 0 atom stereocenters. The van der Waals surface area contributed by atoms with Gasteiger partial charge in [0.15, 0.2) is 5.84 Å². The number of urea groups is 1. The summed E-state index contributed by atoms with van der Waals surface area (Å²) < 4.78 is 0.815. The van der Waals surface area contributed by atoms with Gasteiger partial charge in [-0.25, -0.2) is 9.78 Å². The maximum Gasteiger partial charge on any atom is 0.332 e. The normalized spacial score (nSPS) is 16.4. The van der Waals surface area contributed by atoms with Gasteiger partial charge in [0.2, 0.25) is 0 Å². The number of nitrogens with zero attached hydrogens (tertiary/aromatic N) is 5. The summed E-state index contributed by atoms with van der Waals surface area (Å²) in [4.78, 5) is 21.3. The molecule has 0 saturated carbocycles. The predicted molar refractivity (Wildman–Crippen MR) is 110 cm³/mol.